The van der Waals surface area contributed by atoms with Crippen LogP contribution in [0.5, 0.6) is 0 Å². The number of carbonyl (C=O) groups excluding carboxylic acids is 1. The van der Waals surface area contributed by atoms with Crippen molar-refractivity contribution in [2.24, 2.45) is 0 Å². The number of nitrogens with one attached hydrogen (secondary N) is 1. The highest BCUT2D eigenvalue weighted by Crippen LogP contribution is 2.07. The standard InChI is InChI=1S/C11H15ClN2O3/c1-16-7-9(17-2)6-14-11(15)10-5-8(12)3-4-13-10/h3-5,9H,6-7H2,1-2H3,(H,14,15). The molecule has 17 heavy (non-hydrogen) atoms. The van der Waals surface area contributed by atoms with E-state index < -0.39 is 0 Å². The summed E-state index contributed by atoms with van der Waals surface area (Å²) < 4.78 is 10.1. The average molecular weight is 259 g/mol. The number of amides is 1. The van der Waals surface area contributed by atoms with Gasteiger partial charge in [0.15, 0.2) is 0 Å². The first-order valence-electron chi connectivity index (χ1n) is 5.09. The molecule has 0 saturated heterocycles. The molecule has 6 heteroatoms. The highest BCUT2D eigenvalue weighted by Gasteiger charge is 2.11. The lowest BCUT2D eigenvalue weighted by atomic mass is 10.3. The fourth-order valence-corrected chi connectivity index (χ4v) is 1.38. The quantitative estimate of drug-likeness (QED) is 0.831. The third-order valence-corrected chi connectivity index (χ3v) is 2.37. The van der Waals surface area contributed by atoms with Gasteiger partial charge in [0.05, 0.1) is 12.7 Å². The largest absolute Gasteiger partial charge is 0.382 e. The second-order valence-electron chi connectivity index (χ2n) is 3.38. The van der Waals surface area contributed by atoms with Crippen molar-refractivity contribution in [2.75, 3.05) is 27.4 Å². The third-order valence-electron chi connectivity index (χ3n) is 2.13. The number of nitrogens with zero attached hydrogens (tertiary/aromatic N) is 1. The highest BCUT2D eigenvalue weighted by molar-refractivity contribution is 6.30. The molecule has 0 aliphatic rings. The molecule has 0 spiro atoms. The molecule has 1 aromatic rings. The Kier molecular flexibility index (Phi) is 5.90. The van der Waals surface area contributed by atoms with Crippen LogP contribution in [-0.2, 0) is 9.47 Å². The van der Waals surface area contributed by atoms with Gasteiger partial charge in [-0.2, -0.15) is 0 Å². The first-order valence-corrected chi connectivity index (χ1v) is 5.46. The second kappa shape index (κ2) is 7.21. The molecule has 0 aliphatic heterocycles. The predicted octanol–water partition coefficient (Wildman–Crippen LogP) is 1.13. The van der Waals surface area contributed by atoms with Gasteiger partial charge in [-0.15, -0.1) is 0 Å². The third kappa shape index (κ3) is 4.68. The van der Waals surface area contributed by atoms with Gasteiger partial charge in [-0.05, 0) is 12.1 Å². The number of hydrogen-bond acceptors (Lipinski definition) is 4. The first kappa shape index (κ1) is 13.9. The molecular formula is C11H15ClN2O3. The van der Waals surface area contributed by atoms with Crippen LogP contribution in [0.15, 0.2) is 18.3 Å². The Hall–Kier alpha value is -1.17. The molecule has 0 aromatic carbocycles. The number of halogens is 1. The van der Waals surface area contributed by atoms with E-state index in [0.717, 1.165) is 0 Å². The van der Waals surface area contributed by atoms with Crippen LogP contribution in [-0.4, -0.2) is 44.4 Å². The van der Waals surface area contributed by atoms with Crippen LogP contribution in [0.25, 0.3) is 0 Å². The summed E-state index contributed by atoms with van der Waals surface area (Å²) >= 11 is 5.76. The Morgan fingerprint density at radius 1 is 1.59 bits per heavy atom. The number of aromatic nitrogens is 1. The van der Waals surface area contributed by atoms with Crippen LogP contribution in [0.1, 0.15) is 10.5 Å². The Labute approximate surface area is 105 Å². The lowest BCUT2D eigenvalue weighted by molar-refractivity contribution is 0.0285. The zero-order chi connectivity index (χ0) is 12.7. The molecule has 94 valence electrons. The fraction of sp³-hybridized carbons (Fsp3) is 0.455. The molecule has 1 atom stereocenters. The van der Waals surface area contributed by atoms with Crippen LogP contribution in [0, 0.1) is 0 Å². The summed E-state index contributed by atoms with van der Waals surface area (Å²) in [5, 5.41) is 3.17. The molecule has 0 saturated carbocycles. The molecule has 1 N–H and O–H groups in total. The van der Waals surface area contributed by atoms with Gasteiger partial charge in [-0.3, -0.25) is 9.78 Å². The zero-order valence-electron chi connectivity index (χ0n) is 9.77. The molecule has 5 nitrogen and oxygen atoms in total. The molecule has 0 fully saturated rings. The summed E-state index contributed by atoms with van der Waals surface area (Å²) in [6.45, 7) is 0.775. The van der Waals surface area contributed by atoms with Crippen LogP contribution in [0.3, 0.4) is 0 Å². The van der Waals surface area contributed by atoms with Crippen molar-refractivity contribution in [3.05, 3.63) is 29.0 Å². The van der Waals surface area contributed by atoms with E-state index in [2.05, 4.69) is 10.3 Å². The molecular weight excluding hydrogens is 244 g/mol. The van der Waals surface area contributed by atoms with E-state index in [1.807, 2.05) is 0 Å². The number of rotatable bonds is 6. The fourth-order valence-electron chi connectivity index (χ4n) is 1.22. The number of carbonyl (C=O) groups is 1. The zero-order valence-corrected chi connectivity index (χ0v) is 10.5. The van der Waals surface area contributed by atoms with Crippen LogP contribution in [0.2, 0.25) is 5.02 Å². The molecule has 1 amide bonds. The summed E-state index contributed by atoms with van der Waals surface area (Å²) in [5.74, 6) is -0.286. The summed E-state index contributed by atoms with van der Waals surface area (Å²) in [4.78, 5) is 15.6. The Morgan fingerprint density at radius 2 is 2.35 bits per heavy atom. The smallest absolute Gasteiger partial charge is 0.270 e. The first-order chi connectivity index (χ1) is 8.17. The van der Waals surface area contributed by atoms with Gasteiger partial charge in [-0.1, -0.05) is 11.6 Å². The average Bonchev–Trinajstić information content (AvgIpc) is 2.34. The lowest BCUT2D eigenvalue weighted by Crippen LogP contribution is -2.35. The maximum atomic E-state index is 11.7. The summed E-state index contributed by atoms with van der Waals surface area (Å²) in [7, 11) is 3.14. The topological polar surface area (TPSA) is 60.5 Å². The summed E-state index contributed by atoms with van der Waals surface area (Å²) in [6.07, 6.45) is 1.31. The molecule has 0 bridgehead atoms. The minimum absolute atomic E-state index is 0.178. The molecule has 1 heterocycles. The predicted molar refractivity (Wildman–Crippen MR) is 64.3 cm³/mol. The van der Waals surface area contributed by atoms with E-state index in [9.17, 15) is 4.79 Å². The van der Waals surface area contributed by atoms with Gasteiger partial charge in [0, 0.05) is 32.0 Å². The van der Waals surface area contributed by atoms with E-state index in [1.54, 1.807) is 20.3 Å². The maximum absolute atomic E-state index is 11.7. The minimum Gasteiger partial charge on any atom is -0.382 e. The van der Waals surface area contributed by atoms with E-state index in [-0.39, 0.29) is 17.7 Å². The molecule has 1 rings (SSSR count). The van der Waals surface area contributed by atoms with E-state index >= 15 is 0 Å². The normalized spacial score (nSPS) is 12.2. The Balaban J connectivity index is 2.49. The van der Waals surface area contributed by atoms with Crippen LogP contribution >= 0.6 is 11.6 Å². The number of hydrogen-bond donors (Lipinski definition) is 1. The SMILES string of the molecule is COCC(CNC(=O)c1cc(Cl)ccn1)OC. The van der Waals surface area contributed by atoms with Crippen molar-refractivity contribution in [2.45, 2.75) is 6.10 Å². The second-order valence-corrected chi connectivity index (χ2v) is 3.82. The van der Waals surface area contributed by atoms with Gasteiger partial charge >= 0.3 is 0 Å². The monoisotopic (exact) mass is 258 g/mol. The van der Waals surface area contributed by atoms with Crippen molar-refractivity contribution in [1.82, 2.24) is 10.3 Å². The van der Waals surface area contributed by atoms with Crippen molar-refractivity contribution in [3.63, 3.8) is 0 Å². The van der Waals surface area contributed by atoms with Crippen LogP contribution in [0.4, 0.5) is 0 Å². The number of ether oxygens (including phenoxy) is 2. The summed E-state index contributed by atoms with van der Waals surface area (Å²) in [5.41, 5.74) is 0.282. The Morgan fingerprint density at radius 3 is 2.94 bits per heavy atom. The molecule has 0 aliphatic carbocycles. The Bertz CT molecular complexity index is 373. The molecule has 1 aromatic heterocycles. The van der Waals surface area contributed by atoms with E-state index in [0.29, 0.717) is 18.2 Å². The van der Waals surface area contributed by atoms with Crippen molar-refractivity contribution < 1.29 is 14.3 Å². The van der Waals surface area contributed by atoms with Gasteiger partial charge < -0.3 is 14.8 Å². The van der Waals surface area contributed by atoms with Crippen LogP contribution < -0.4 is 5.32 Å². The van der Waals surface area contributed by atoms with Crippen molar-refractivity contribution >= 4 is 17.5 Å². The van der Waals surface area contributed by atoms with Crippen molar-refractivity contribution in [3.8, 4) is 0 Å². The van der Waals surface area contributed by atoms with Crippen molar-refractivity contribution in [1.29, 1.82) is 0 Å². The summed E-state index contributed by atoms with van der Waals surface area (Å²) in [6, 6.07) is 3.12. The highest BCUT2D eigenvalue weighted by atomic mass is 35.5. The minimum atomic E-state index is -0.286. The van der Waals surface area contributed by atoms with E-state index in [4.69, 9.17) is 21.1 Å². The lowest BCUT2D eigenvalue weighted by Gasteiger charge is -2.14. The molecule has 1 unspecified atom stereocenters. The number of methoxy groups -OCH3 is 2. The van der Waals surface area contributed by atoms with Gasteiger partial charge in [0.2, 0.25) is 0 Å². The maximum Gasteiger partial charge on any atom is 0.270 e. The number of pyridine rings is 1. The van der Waals surface area contributed by atoms with E-state index in [1.165, 1.54) is 12.3 Å². The van der Waals surface area contributed by atoms with Gasteiger partial charge in [0.1, 0.15) is 5.69 Å². The molecule has 0 radical (unpaired) electrons. The van der Waals surface area contributed by atoms with Gasteiger partial charge in [-0.25, -0.2) is 0 Å². The van der Waals surface area contributed by atoms with Gasteiger partial charge in [0.25, 0.3) is 5.91 Å².